The van der Waals surface area contributed by atoms with Gasteiger partial charge in [0.1, 0.15) is 5.82 Å². The Kier molecular flexibility index (Phi) is 3.46. The van der Waals surface area contributed by atoms with Crippen LogP contribution in [0.15, 0.2) is 42.5 Å². The Balaban J connectivity index is 2.36. The van der Waals surface area contributed by atoms with Crippen LogP contribution >= 0.6 is 11.6 Å². The Labute approximate surface area is 105 Å². The minimum atomic E-state index is -0.332. The predicted molar refractivity (Wildman–Crippen MR) is 68.6 cm³/mol. The maximum Gasteiger partial charge on any atom is 0.123 e. The van der Waals surface area contributed by atoms with Crippen molar-refractivity contribution < 1.29 is 4.39 Å². The van der Waals surface area contributed by atoms with Gasteiger partial charge >= 0.3 is 0 Å². The van der Waals surface area contributed by atoms with E-state index in [-0.39, 0.29) is 11.9 Å². The summed E-state index contributed by atoms with van der Waals surface area (Å²) in [7, 11) is 0. The fraction of sp³-hybridized carbons (Fsp3) is 0.143. The van der Waals surface area contributed by atoms with Crippen LogP contribution in [-0.4, -0.2) is 0 Å². The van der Waals surface area contributed by atoms with Crippen LogP contribution in [0, 0.1) is 12.7 Å². The third-order valence-corrected chi connectivity index (χ3v) is 3.17. The third kappa shape index (κ3) is 2.65. The van der Waals surface area contributed by atoms with E-state index in [0.29, 0.717) is 5.02 Å². The zero-order valence-corrected chi connectivity index (χ0v) is 10.2. The van der Waals surface area contributed by atoms with Gasteiger partial charge in [0.2, 0.25) is 0 Å². The molecule has 0 aromatic heterocycles. The minimum absolute atomic E-state index is 0.274. The number of benzene rings is 2. The van der Waals surface area contributed by atoms with Gasteiger partial charge in [-0.2, -0.15) is 0 Å². The van der Waals surface area contributed by atoms with Crippen molar-refractivity contribution in [2.45, 2.75) is 13.0 Å². The first-order valence-electron chi connectivity index (χ1n) is 5.35. The third-order valence-electron chi connectivity index (χ3n) is 2.75. The van der Waals surface area contributed by atoms with Crippen LogP contribution in [0.25, 0.3) is 0 Å². The molecule has 0 aliphatic heterocycles. The Bertz CT molecular complexity index is 539. The molecule has 0 saturated carbocycles. The van der Waals surface area contributed by atoms with Crippen molar-refractivity contribution in [1.82, 2.24) is 0 Å². The smallest absolute Gasteiger partial charge is 0.123 e. The summed E-state index contributed by atoms with van der Waals surface area (Å²) in [6.45, 7) is 1.92. The molecule has 2 N–H and O–H groups in total. The first-order valence-corrected chi connectivity index (χ1v) is 5.73. The van der Waals surface area contributed by atoms with Crippen LogP contribution in [-0.2, 0) is 0 Å². The number of halogens is 2. The molecule has 17 heavy (non-hydrogen) atoms. The van der Waals surface area contributed by atoms with Gasteiger partial charge in [-0.3, -0.25) is 0 Å². The number of hydrogen-bond donors (Lipinski definition) is 1. The molecule has 2 aromatic rings. The monoisotopic (exact) mass is 249 g/mol. The maximum atomic E-state index is 13.1. The zero-order chi connectivity index (χ0) is 12.4. The van der Waals surface area contributed by atoms with E-state index < -0.39 is 0 Å². The highest BCUT2D eigenvalue weighted by molar-refractivity contribution is 6.31. The molecular formula is C14H13ClFN. The van der Waals surface area contributed by atoms with Gasteiger partial charge in [-0.1, -0.05) is 35.9 Å². The molecule has 0 bridgehead atoms. The topological polar surface area (TPSA) is 26.0 Å². The van der Waals surface area contributed by atoms with Gasteiger partial charge in [-0.05, 0) is 41.8 Å². The highest BCUT2D eigenvalue weighted by atomic mass is 35.5. The second-order valence-electron chi connectivity index (χ2n) is 4.04. The Morgan fingerprint density at radius 3 is 2.47 bits per heavy atom. The molecule has 2 rings (SSSR count). The van der Waals surface area contributed by atoms with E-state index in [4.69, 9.17) is 17.3 Å². The van der Waals surface area contributed by atoms with Crippen molar-refractivity contribution in [2.24, 2.45) is 5.73 Å². The van der Waals surface area contributed by atoms with Crippen molar-refractivity contribution in [3.05, 3.63) is 70.0 Å². The van der Waals surface area contributed by atoms with Crippen molar-refractivity contribution in [2.75, 3.05) is 0 Å². The highest BCUT2D eigenvalue weighted by Crippen LogP contribution is 2.24. The molecule has 0 amide bonds. The molecule has 1 atom stereocenters. The zero-order valence-electron chi connectivity index (χ0n) is 9.45. The van der Waals surface area contributed by atoms with E-state index >= 15 is 0 Å². The van der Waals surface area contributed by atoms with Gasteiger partial charge in [0.15, 0.2) is 0 Å². The molecule has 1 nitrogen and oxygen atoms in total. The van der Waals surface area contributed by atoms with Gasteiger partial charge in [0.05, 0.1) is 6.04 Å². The number of nitrogens with two attached hydrogens (primary N) is 1. The second kappa shape index (κ2) is 4.86. The summed E-state index contributed by atoms with van der Waals surface area (Å²) in [6, 6.07) is 11.6. The van der Waals surface area contributed by atoms with Gasteiger partial charge in [-0.15, -0.1) is 0 Å². The Morgan fingerprint density at radius 1 is 1.12 bits per heavy atom. The van der Waals surface area contributed by atoms with E-state index in [1.807, 2.05) is 31.2 Å². The SMILES string of the molecule is Cc1cc(C(N)c2cccc(F)c2)ccc1Cl. The summed E-state index contributed by atoms with van der Waals surface area (Å²) in [5, 5.41) is 0.709. The molecular weight excluding hydrogens is 237 g/mol. The van der Waals surface area contributed by atoms with Gasteiger partial charge < -0.3 is 5.73 Å². The van der Waals surface area contributed by atoms with E-state index in [1.165, 1.54) is 12.1 Å². The molecule has 0 spiro atoms. The summed E-state index contributed by atoms with van der Waals surface area (Å²) in [4.78, 5) is 0. The molecule has 0 aliphatic rings. The first kappa shape index (κ1) is 12.1. The summed E-state index contributed by atoms with van der Waals surface area (Å²) >= 11 is 5.96. The minimum Gasteiger partial charge on any atom is -0.320 e. The fourth-order valence-electron chi connectivity index (χ4n) is 1.75. The summed E-state index contributed by atoms with van der Waals surface area (Å²) in [5.74, 6) is -0.274. The average Bonchev–Trinajstić information content (AvgIpc) is 2.32. The quantitative estimate of drug-likeness (QED) is 0.860. The number of hydrogen-bond acceptors (Lipinski definition) is 1. The van der Waals surface area contributed by atoms with Crippen molar-refractivity contribution in [3.63, 3.8) is 0 Å². The summed E-state index contributed by atoms with van der Waals surface area (Å²) in [5.41, 5.74) is 8.75. The fourth-order valence-corrected chi connectivity index (χ4v) is 1.87. The van der Waals surface area contributed by atoms with E-state index in [9.17, 15) is 4.39 Å². The van der Waals surface area contributed by atoms with E-state index in [2.05, 4.69) is 0 Å². The molecule has 0 aliphatic carbocycles. The molecule has 0 saturated heterocycles. The van der Waals surface area contributed by atoms with Crippen molar-refractivity contribution in [1.29, 1.82) is 0 Å². The predicted octanol–water partition coefficient (Wildman–Crippen LogP) is 3.84. The largest absolute Gasteiger partial charge is 0.320 e. The molecule has 3 heteroatoms. The van der Waals surface area contributed by atoms with Crippen LogP contribution in [0.4, 0.5) is 4.39 Å². The lowest BCUT2D eigenvalue weighted by atomic mass is 9.98. The second-order valence-corrected chi connectivity index (χ2v) is 4.45. The summed E-state index contributed by atoms with van der Waals surface area (Å²) in [6.07, 6.45) is 0. The van der Waals surface area contributed by atoms with Crippen LogP contribution in [0.2, 0.25) is 5.02 Å². The van der Waals surface area contributed by atoms with Gasteiger partial charge in [0, 0.05) is 5.02 Å². The normalized spacial score (nSPS) is 12.5. The average molecular weight is 250 g/mol. The maximum absolute atomic E-state index is 13.1. The lowest BCUT2D eigenvalue weighted by Gasteiger charge is -2.13. The molecule has 0 heterocycles. The van der Waals surface area contributed by atoms with Gasteiger partial charge in [0.25, 0.3) is 0 Å². The van der Waals surface area contributed by atoms with Gasteiger partial charge in [-0.25, -0.2) is 4.39 Å². The molecule has 1 unspecified atom stereocenters. The molecule has 2 aromatic carbocycles. The molecule has 0 fully saturated rings. The van der Waals surface area contributed by atoms with Crippen molar-refractivity contribution >= 4 is 11.6 Å². The van der Waals surface area contributed by atoms with Crippen LogP contribution in [0.1, 0.15) is 22.7 Å². The lowest BCUT2D eigenvalue weighted by Crippen LogP contribution is -2.12. The number of aryl methyl sites for hydroxylation is 1. The summed E-state index contributed by atoms with van der Waals surface area (Å²) < 4.78 is 13.1. The van der Waals surface area contributed by atoms with E-state index in [1.54, 1.807) is 6.07 Å². The van der Waals surface area contributed by atoms with E-state index in [0.717, 1.165) is 16.7 Å². The Morgan fingerprint density at radius 2 is 1.82 bits per heavy atom. The highest BCUT2D eigenvalue weighted by Gasteiger charge is 2.10. The Hall–Kier alpha value is -1.38. The van der Waals surface area contributed by atoms with Crippen molar-refractivity contribution in [3.8, 4) is 0 Å². The van der Waals surface area contributed by atoms with Crippen LogP contribution in [0.5, 0.6) is 0 Å². The first-order chi connectivity index (χ1) is 8.08. The molecule has 0 radical (unpaired) electrons. The van der Waals surface area contributed by atoms with Crippen LogP contribution in [0.3, 0.4) is 0 Å². The lowest BCUT2D eigenvalue weighted by molar-refractivity contribution is 0.623. The number of rotatable bonds is 2. The van der Waals surface area contributed by atoms with Crippen LogP contribution < -0.4 is 5.73 Å². The standard InChI is InChI=1S/C14H13ClFN/c1-9-7-11(5-6-13(9)15)14(17)10-3-2-4-12(16)8-10/h2-8,14H,17H2,1H3. The molecule has 88 valence electrons.